The van der Waals surface area contributed by atoms with E-state index in [4.69, 9.17) is 27.1 Å². The van der Waals surface area contributed by atoms with E-state index in [1.54, 1.807) is 20.0 Å². The van der Waals surface area contributed by atoms with Crippen LogP contribution in [0.1, 0.15) is 25.1 Å². The summed E-state index contributed by atoms with van der Waals surface area (Å²) in [5, 5.41) is 14.5. The van der Waals surface area contributed by atoms with Gasteiger partial charge in [0.25, 0.3) is 0 Å². The number of nitrogens with zero attached hydrogens (tertiary/aromatic N) is 4. The molecule has 0 amide bonds. The Labute approximate surface area is 205 Å². The van der Waals surface area contributed by atoms with E-state index in [9.17, 15) is 9.50 Å². The molecule has 11 heteroatoms. The third-order valence-electron chi connectivity index (χ3n) is 7.12. The van der Waals surface area contributed by atoms with Crippen molar-refractivity contribution in [2.24, 2.45) is 17.6 Å². The molecule has 1 aliphatic carbocycles. The zero-order valence-corrected chi connectivity index (χ0v) is 20.0. The number of hydrogen-bond donors (Lipinski definition) is 4. The number of anilines is 2. The van der Waals surface area contributed by atoms with Crippen LogP contribution in [0.2, 0.25) is 5.02 Å². The first kappa shape index (κ1) is 22.3. The largest absolute Gasteiger partial charge is 0.422 e. The molecule has 9 nitrogen and oxygen atoms in total. The number of aliphatic hydroxyl groups is 1. The molecule has 2 aliphatic rings. The maximum Gasteiger partial charge on any atom is 0.326 e. The van der Waals surface area contributed by atoms with Gasteiger partial charge in [0.05, 0.1) is 39.6 Å². The minimum atomic E-state index is -0.805. The van der Waals surface area contributed by atoms with E-state index < -0.39 is 6.10 Å². The van der Waals surface area contributed by atoms with Gasteiger partial charge in [-0.2, -0.15) is 9.97 Å². The second-order valence-corrected chi connectivity index (χ2v) is 9.76. The van der Waals surface area contributed by atoms with Gasteiger partial charge in [-0.1, -0.05) is 11.6 Å². The highest BCUT2D eigenvalue weighted by molar-refractivity contribution is 6.31. The minimum absolute atomic E-state index is 0.108. The Kier molecular flexibility index (Phi) is 5.21. The Bertz CT molecular complexity index is 1460. The lowest BCUT2D eigenvalue weighted by molar-refractivity contribution is 0.194. The van der Waals surface area contributed by atoms with Crippen LogP contribution in [0.15, 0.2) is 24.4 Å². The van der Waals surface area contributed by atoms with Crippen molar-refractivity contribution in [2.75, 3.05) is 30.4 Å². The molecule has 3 unspecified atom stereocenters. The number of nitrogens with one attached hydrogen (secondary N) is 2. The molecule has 4 atom stereocenters. The van der Waals surface area contributed by atoms with Crippen LogP contribution in [0.5, 0.6) is 11.8 Å². The molecular formula is C24H25ClFN7O2. The fraction of sp³-hybridized carbons (Fsp3) is 0.375. The van der Waals surface area contributed by atoms with Gasteiger partial charge in [0, 0.05) is 37.6 Å². The molecule has 35 heavy (non-hydrogen) atoms. The Morgan fingerprint density at radius 3 is 2.83 bits per heavy atom. The molecule has 0 radical (unpaired) electrons. The van der Waals surface area contributed by atoms with Crippen LogP contribution in [0.4, 0.5) is 15.9 Å². The summed E-state index contributed by atoms with van der Waals surface area (Å²) in [6.45, 7) is 3.18. The maximum atomic E-state index is 14.5. The SMILES string of the molecule is CNc1cc(F)cc2c1[nH]c1nc(Oc3cnc(C(C)O)c(Cl)c3)nc(N3CC4C[C@@H](N)C4C3)c12. The van der Waals surface area contributed by atoms with Gasteiger partial charge in [0.15, 0.2) is 5.75 Å². The van der Waals surface area contributed by atoms with E-state index in [0.29, 0.717) is 45.8 Å². The van der Waals surface area contributed by atoms with Crippen LogP contribution >= 0.6 is 11.6 Å². The van der Waals surface area contributed by atoms with Crippen LogP contribution < -0.4 is 20.7 Å². The van der Waals surface area contributed by atoms with E-state index >= 15 is 0 Å². The van der Waals surface area contributed by atoms with Crippen molar-refractivity contribution in [1.29, 1.82) is 0 Å². The van der Waals surface area contributed by atoms with Crippen molar-refractivity contribution in [3.63, 3.8) is 0 Å². The summed E-state index contributed by atoms with van der Waals surface area (Å²) in [6, 6.07) is 4.80. The number of pyridine rings is 1. The third-order valence-corrected chi connectivity index (χ3v) is 7.42. The predicted molar refractivity (Wildman–Crippen MR) is 133 cm³/mol. The molecule has 1 aromatic carbocycles. The van der Waals surface area contributed by atoms with Crippen molar-refractivity contribution in [3.05, 3.63) is 40.9 Å². The van der Waals surface area contributed by atoms with Crippen LogP contribution in [0.25, 0.3) is 21.9 Å². The molecule has 3 aromatic heterocycles. The molecule has 182 valence electrons. The molecule has 4 heterocycles. The molecule has 0 bridgehead atoms. The van der Waals surface area contributed by atoms with Gasteiger partial charge in [-0.3, -0.25) is 4.98 Å². The standard InChI is InChI=1S/C24H25ClFN7O2/c1-10(34)20-16(25)6-13(7-29-20)35-24-31-22-19(14-4-12(26)5-18(28-2)21(14)30-22)23(32-24)33-8-11-3-17(27)15(11)9-33/h4-7,10-11,15,17,28,34H,3,8-9,27H2,1-2H3,(H,30,31,32)/t10?,11?,15?,17-/m1/s1. The van der Waals surface area contributed by atoms with Gasteiger partial charge in [-0.25, -0.2) is 4.39 Å². The van der Waals surface area contributed by atoms with E-state index in [0.717, 1.165) is 30.4 Å². The number of fused-ring (bicyclic) bond motifs is 4. The van der Waals surface area contributed by atoms with Crippen molar-refractivity contribution in [3.8, 4) is 11.8 Å². The molecular weight excluding hydrogens is 473 g/mol. The predicted octanol–water partition coefficient (Wildman–Crippen LogP) is 3.97. The zero-order chi connectivity index (χ0) is 24.4. The molecule has 5 N–H and O–H groups in total. The number of H-pyrrole nitrogens is 1. The lowest BCUT2D eigenvalue weighted by atomic mass is 9.72. The van der Waals surface area contributed by atoms with Gasteiger partial charge in [0.1, 0.15) is 17.3 Å². The highest BCUT2D eigenvalue weighted by Gasteiger charge is 2.46. The van der Waals surface area contributed by atoms with E-state index in [2.05, 4.69) is 25.2 Å². The number of aliphatic hydroxyl groups excluding tert-OH is 1. The molecule has 6 rings (SSSR count). The highest BCUT2D eigenvalue weighted by atomic mass is 35.5. The monoisotopic (exact) mass is 497 g/mol. The van der Waals surface area contributed by atoms with Gasteiger partial charge < -0.3 is 30.8 Å². The maximum absolute atomic E-state index is 14.5. The van der Waals surface area contributed by atoms with Gasteiger partial charge >= 0.3 is 6.01 Å². The first-order valence-corrected chi connectivity index (χ1v) is 11.9. The third kappa shape index (κ3) is 3.64. The van der Waals surface area contributed by atoms with Crippen LogP contribution in [-0.4, -0.2) is 51.2 Å². The average molecular weight is 498 g/mol. The Hall–Kier alpha value is -3.21. The topological polar surface area (TPSA) is 125 Å². The molecule has 1 aliphatic heterocycles. The Morgan fingerprint density at radius 1 is 1.31 bits per heavy atom. The number of benzene rings is 1. The van der Waals surface area contributed by atoms with Gasteiger partial charge in [-0.15, -0.1) is 0 Å². The van der Waals surface area contributed by atoms with Crippen LogP contribution in [0, 0.1) is 17.7 Å². The van der Waals surface area contributed by atoms with Crippen molar-refractivity contribution in [1.82, 2.24) is 19.9 Å². The number of hydrogen-bond acceptors (Lipinski definition) is 8. The minimum Gasteiger partial charge on any atom is -0.422 e. The summed E-state index contributed by atoms with van der Waals surface area (Å²) >= 11 is 6.26. The lowest BCUT2D eigenvalue weighted by Crippen LogP contribution is -2.46. The Morgan fingerprint density at radius 2 is 2.14 bits per heavy atom. The second-order valence-electron chi connectivity index (χ2n) is 9.35. The van der Waals surface area contributed by atoms with Gasteiger partial charge in [-0.05, 0) is 37.3 Å². The van der Waals surface area contributed by atoms with E-state index in [1.807, 2.05) is 0 Å². The number of aromatic amines is 1. The highest BCUT2D eigenvalue weighted by Crippen LogP contribution is 2.44. The van der Waals surface area contributed by atoms with Crippen molar-refractivity contribution in [2.45, 2.75) is 25.5 Å². The zero-order valence-electron chi connectivity index (χ0n) is 19.2. The number of aromatic nitrogens is 4. The molecule has 2 fully saturated rings. The summed E-state index contributed by atoms with van der Waals surface area (Å²) in [4.78, 5) is 19.1. The van der Waals surface area contributed by atoms with Crippen molar-refractivity contribution >= 4 is 45.0 Å². The number of ether oxygens (including phenoxy) is 1. The van der Waals surface area contributed by atoms with Crippen LogP contribution in [-0.2, 0) is 0 Å². The van der Waals surface area contributed by atoms with Crippen molar-refractivity contribution < 1.29 is 14.2 Å². The first-order chi connectivity index (χ1) is 16.8. The Balaban J connectivity index is 1.49. The van der Waals surface area contributed by atoms with Crippen LogP contribution in [0.3, 0.4) is 0 Å². The molecule has 4 aromatic rings. The average Bonchev–Trinajstić information content (AvgIpc) is 3.35. The lowest BCUT2D eigenvalue weighted by Gasteiger charge is -2.36. The number of nitrogens with two attached hydrogens (primary N) is 1. The fourth-order valence-electron chi connectivity index (χ4n) is 5.33. The second kappa shape index (κ2) is 8.18. The quantitative estimate of drug-likeness (QED) is 0.326. The molecule has 0 spiro atoms. The normalized spacial score (nSPS) is 22.3. The van der Waals surface area contributed by atoms with E-state index in [-0.39, 0.29) is 22.9 Å². The summed E-state index contributed by atoms with van der Waals surface area (Å²) in [7, 11) is 1.74. The molecule has 1 saturated carbocycles. The summed E-state index contributed by atoms with van der Waals surface area (Å²) in [6.07, 6.45) is 1.65. The summed E-state index contributed by atoms with van der Waals surface area (Å²) in [5.74, 6) is 1.59. The molecule has 1 saturated heterocycles. The summed E-state index contributed by atoms with van der Waals surface area (Å²) < 4.78 is 20.4. The number of rotatable bonds is 5. The van der Waals surface area contributed by atoms with E-state index in [1.165, 1.54) is 18.3 Å². The first-order valence-electron chi connectivity index (χ1n) is 11.5. The van der Waals surface area contributed by atoms with Gasteiger partial charge in [0.2, 0.25) is 0 Å². The smallest absolute Gasteiger partial charge is 0.326 e. The summed E-state index contributed by atoms with van der Waals surface area (Å²) in [5.41, 5.74) is 8.49. The fourth-order valence-corrected chi connectivity index (χ4v) is 5.64. The number of halogens is 2.